The number of carbonyl (C=O) groups is 1. The number of rotatable bonds is 8. The molecule has 0 saturated carbocycles. The summed E-state index contributed by atoms with van der Waals surface area (Å²) in [5.74, 6) is 1.58. The third kappa shape index (κ3) is 5.59. The van der Waals surface area contributed by atoms with Crippen molar-refractivity contribution in [2.24, 2.45) is 0 Å². The molecule has 2 N–H and O–H groups in total. The molecule has 0 aliphatic heterocycles. The molecule has 2 aromatic rings. The summed E-state index contributed by atoms with van der Waals surface area (Å²) >= 11 is 0. The molecule has 0 bridgehead atoms. The topological polar surface area (TPSA) is 52.0 Å². The summed E-state index contributed by atoms with van der Waals surface area (Å²) in [4.78, 5) is 13.3. The van der Waals surface area contributed by atoms with Crippen LogP contribution in [0.1, 0.15) is 5.56 Å². The van der Waals surface area contributed by atoms with Crippen LogP contribution in [0.15, 0.2) is 48.5 Å². The summed E-state index contributed by atoms with van der Waals surface area (Å²) in [6.45, 7) is 1.31. The lowest BCUT2D eigenvalue weighted by Crippen LogP contribution is -3.10. The number of methoxy groups -OCH3 is 2. The Morgan fingerprint density at radius 1 is 1.04 bits per heavy atom. The Balaban J connectivity index is 1.78. The molecule has 1 atom stereocenters. The number of anilines is 1. The van der Waals surface area contributed by atoms with Gasteiger partial charge in [0.15, 0.2) is 6.54 Å². The van der Waals surface area contributed by atoms with Gasteiger partial charge < -0.3 is 19.7 Å². The Kier molecular flexibility index (Phi) is 6.63. The van der Waals surface area contributed by atoms with E-state index < -0.39 is 0 Å². The van der Waals surface area contributed by atoms with Gasteiger partial charge in [0.1, 0.15) is 11.5 Å². The van der Waals surface area contributed by atoms with Crippen molar-refractivity contribution in [2.75, 3.05) is 39.7 Å². The number of hydrogen-bond donors (Lipinski definition) is 2. The first-order valence-electron chi connectivity index (χ1n) is 7.99. The van der Waals surface area contributed by atoms with Crippen LogP contribution in [-0.4, -0.2) is 40.3 Å². The highest BCUT2D eigenvalue weighted by molar-refractivity contribution is 5.91. The molecule has 0 saturated heterocycles. The van der Waals surface area contributed by atoms with Crippen LogP contribution in [-0.2, 0) is 11.2 Å². The van der Waals surface area contributed by atoms with Gasteiger partial charge in [-0.05, 0) is 29.8 Å². The van der Waals surface area contributed by atoms with Gasteiger partial charge in [0.25, 0.3) is 5.91 Å². The van der Waals surface area contributed by atoms with Gasteiger partial charge in [-0.3, -0.25) is 4.79 Å². The molecule has 0 spiro atoms. The zero-order chi connectivity index (χ0) is 17.4. The Bertz CT molecular complexity index is 656. The summed E-state index contributed by atoms with van der Waals surface area (Å²) in [6, 6.07) is 15.4. The zero-order valence-corrected chi connectivity index (χ0v) is 14.5. The predicted molar refractivity (Wildman–Crippen MR) is 94.9 cm³/mol. The summed E-state index contributed by atoms with van der Waals surface area (Å²) in [7, 11) is 5.29. The van der Waals surface area contributed by atoms with Crippen molar-refractivity contribution in [3.63, 3.8) is 0 Å². The average molecular weight is 329 g/mol. The molecule has 24 heavy (non-hydrogen) atoms. The van der Waals surface area contributed by atoms with E-state index in [2.05, 4.69) is 17.4 Å². The van der Waals surface area contributed by atoms with E-state index in [-0.39, 0.29) is 5.91 Å². The maximum absolute atomic E-state index is 12.1. The number of amides is 1. The zero-order valence-electron chi connectivity index (χ0n) is 14.5. The normalized spacial score (nSPS) is 11.6. The molecule has 5 nitrogen and oxygen atoms in total. The van der Waals surface area contributed by atoms with E-state index in [4.69, 9.17) is 9.47 Å². The van der Waals surface area contributed by atoms with Crippen LogP contribution in [0.3, 0.4) is 0 Å². The summed E-state index contributed by atoms with van der Waals surface area (Å²) in [6.07, 6.45) is 0.919. The maximum atomic E-state index is 12.1. The van der Waals surface area contributed by atoms with E-state index in [1.165, 1.54) is 5.56 Å². The van der Waals surface area contributed by atoms with Gasteiger partial charge in [-0.25, -0.2) is 0 Å². The SMILES string of the molecule is COc1ccc(CC[NH+](C)CC(=O)Nc2cccc(OC)c2)cc1. The number of benzene rings is 2. The highest BCUT2D eigenvalue weighted by atomic mass is 16.5. The van der Waals surface area contributed by atoms with Crippen LogP contribution >= 0.6 is 0 Å². The van der Waals surface area contributed by atoms with Crippen molar-refractivity contribution in [2.45, 2.75) is 6.42 Å². The molecule has 0 aromatic heterocycles. The number of hydrogen-bond acceptors (Lipinski definition) is 3. The van der Waals surface area contributed by atoms with Gasteiger partial charge in [0, 0.05) is 18.2 Å². The molecule has 0 fully saturated rings. The number of likely N-dealkylation sites (N-methyl/N-ethyl adjacent to an activating group) is 1. The van der Waals surface area contributed by atoms with E-state index in [9.17, 15) is 4.79 Å². The molecule has 1 amide bonds. The molecule has 128 valence electrons. The van der Waals surface area contributed by atoms with Gasteiger partial charge in [-0.1, -0.05) is 18.2 Å². The lowest BCUT2D eigenvalue weighted by Gasteiger charge is -2.14. The second-order valence-electron chi connectivity index (χ2n) is 5.76. The second-order valence-corrected chi connectivity index (χ2v) is 5.76. The molecule has 0 aliphatic carbocycles. The van der Waals surface area contributed by atoms with Crippen LogP contribution in [0, 0.1) is 0 Å². The van der Waals surface area contributed by atoms with E-state index in [1.807, 2.05) is 43.4 Å². The molecular weight excluding hydrogens is 304 g/mol. The highest BCUT2D eigenvalue weighted by Gasteiger charge is 2.10. The maximum Gasteiger partial charge on any atom is 0.279 e. The molecule has 0 aliphatic rings. The Morgan fingerprint density at radius 3 is 2.42 bits per heavy atom. The lowest BCUT2D eigenvalue weighted by molar-refractivity contribution is -0.870. The van der Waals surface area contributed by atoms with Crippen LogP contribution in [0.2, 0.25) is 0 Å². The number of nitrogens with one attached hydrogen (secondary N) is 2. The van der Waals surface area contributed by atoms with Gasteiger partial charge in [0.2, 0.25) is 0 Å². The van der Waals surface area contributed by atoms with Crippen molar-refractivity contribution < 1.29 is 19.2 Å². The van der Waals surface area contributed by atoms with Crippen LogP contribution in [0.5, 0.6) is 11.5 Å². The predicted octanol–water partition coefficient (Wildman–Crippen LogP) is 1.40. The Morgan fingerprint density at radius 2 is 1.75 bits per heavy atom. The molecule has 0 radical (unpaired) electrons. The summed E-state index contributed by atoms with van der Waals surface area (Å²) in [5, 5.41) is 2.90. The molecule has 0 heterocycles. The molecule has 5 heteroatoms. The van der Waals surface area contributed by atoms with Crippen molar-refractivity contribution in [3.8, 4) is 11.5 Å². The highest BCUT2D eigenvalue weighted by Crippen LogP contribution is 2.16. The monoisotopic (exact) mass is 329 g/mol. The van der Waals surface area contributed by atoms with Gasteiger partial charge in [0.05, 0.1) is 27.8 Å². The van der Waals surface area contributed by atoms with Crippen molar-refractivity contribution in [3.05, 3.63) is 54.1 Å². The molecule has 2 aromatic carbocycles. The van der Waals surface area contributed by atoms with Crippen molar-refractivity contribution in [1.29, 1.82) is 0 Å². The quantitative estimate of drug-likeness (QED) is 0.770. The van der Waals surface area contributed by atoms with Crippen molar-refractivity contribution in [1.82, 2.24) is 0 Å². The van der Waals surface area contributed by atoms with Crippen LogP contribution < -0.4 is 19.7 Å². The fourth-order valence-corrected chi connectivity index (χ4v) is 2.42. The Labute approximate surface area is 143 Å². The molecule has 1 unspecified atom stereocenters. The van der Waals surface area contributed by atoms with E-state index >= 15 is 0 Å². The van der Waals surface area contributed by atoms with Crippen LogP contribution in [0.4, 0.5) is 5.69 Å². The van der Waals surface area contributed by atoms with E-state index in [0.29, 0.717) is 6.54 Å². The lowest BCUT2D eigenvalue weighted by atomic mass is 10.1. The number of quaternary nitrogens is 1. The third-order valence-corrected chi connectivity index (χ3v) is 3.82. The van der Waals surface area contributed by atoms with Gasteiger partial charge in [-0.2, -0.15) is 0 Å². The standard InChI is InChI=1S/C19H24N2O3/c1-21(12-11-15-7-9-17(23-2)10-8-15)14-19(22)20-16-5-4-6-18(13-16)24-3/h4-10,13H,11-12,14H2,1-3H3,(H,20,22)/p+1. The molecule has 2 rings (SSSR count). The second kappa shape index (κ2) is 8.93. The molecular formula is C19H25N2O3+. The first kappa shape index (κ1) is 17.8. The summed E-state index contributed by atoms with van der Waals surface area (Å²) < 4.78 is 10.3. The van der Waals surface area contributed by atoms with E-state index in [0.717, 1.165) is 35.1 Å². The largest absolute Gasteiger partial charge is 0.497 e. The van der Waals surface area contributed by atoms with E-state index in [1.54, 1.807) is 14.2 Å². The minimum absolute atomic E-state index is 0.00418. The average Bonchev–Trinajstić information content (AvgIpc) is 2.60. The summed E-state index contributed by atoms with van der Waals surface area (Å²) in [5.41, 5.74) is 1.99. The number of carbonyl (C=O) groups excluding carboxylic acids is 1. The Hall–Kier alpha value is -2.53. The number of ether oxygens (including phenoxy) is 2. The fraction of sp³-hybridized carbons (Fsp3) is 0.316. The first-order chi connectivity index (χ1) is 11.6. The van der Waals surface area contributed by atoms with Crippen LogP contribution in [0.25, 0.3) is 0 Å². The smallest absolute Gasteiger partial charge is 0.279 e. The van der Waals surface area contributed by atoms with Gasteiger partial charge >= 0.3 is 0 Å². The third-order valence-electron chi connectivity index (χ3n) is 3.82. The fourth-order valence-electron chi connectivity index (χ4n) is 2.42. The van der Waals surface area contributed by atoms with Gasteiger partial charge in [-0.15, -0.1) is 0 Å². The van der Waals surface area contributed by atoms with Crippen molar-refractivity contribution >= 4 is 11.6 Å². The first-order valence-corrected chi connectivity index (χ1v) is 7.99. The minimum Gasteiger partial charge on any atom is -0.497 e. The minimum atomic E-state index is -0.00418.